The van der Waals surface area contributed by atoms with Crippen LogP contribution in [0.4, 0.5) is 0 Å². The predicted octanol–water partition coefficient (Wildman–Crippen LogP) is 4.73. The normalized spacial score (nSPS) is 12.9. The van der Waals surface area contributed by atoms with Crippen LogP contribution in [-0.2, 0) is 11.2 Å². The number of hydrogen-bond donors (Lipinski definition) is 1. The van der Waals surface area contributed by atoms with Gasteiger partial charge in [-0.3, -0.25) is 0 Å². The van der Waals surface area contributed by atoms with Crippen LogP contribution in [0.2, 0.25) is 0 Å². The molecule has 0 aliphatic heterocycles. The van der Waals surface area contributed by atoms with Crippen LogP contribution in [0, 0.1) is 6.92 Å². The fraction of sp³-hybridized carbons (Fsp3) is 0.350. The maximum atomic E-state index is 5.86. The number of benzene rings is 1. The largest absolute Gasteiger partial charge is 0.374 e. The minimum atomic E-state index is 0.00816. The number of rotatable bonds is 5. The molecule has 134 valence electrons. The summed E-state index contributed by atoms with van der Waals surface area (Å²) in [6.45, 7) is 8.82. The minimum Gasteiger partial charge on any atom is -0.374 e. The molecule has 0 spiro atoms. The third kappa shape index (κ3) is 2.57. The molecule has 4 aromatic rings. The summed E-state index contributed by atoms with van der Waals surface area (Å²) >= 11 is 0. The molecular weight excluding hydrogens is 328 g/mol. The Morgan fingerprint density at radius 2 is 2.04 bits per heavy atom. The molecule has 1 N–H and O–H groups in total. The van der Waals surface area contributed by atoms with E-state index < -0.39 is 0 Å². The zero-order chi connectivity index (χ0) is 18.3. The van der Waals surface area contributed by atoms with Crippen LogP contribution >= 0.6 is 0 Å². The summed E-state index contributed by atoms with van der Waals surface area (Å²) in [6, 6.07) is 6.26. The quantitative estimate of drug-likeness (QED) is 0.563. The fourth-order valence-corrected chi connectivity index (χ4v) is 3.51. The third-order valence-electron chi connectivity index (χ3n) is 4.78. The SMILES string of the molecule is CCOC(C)c1cccc2[nH]c3cnc(-c4nc(CC)no4)c(C)c3c12. The number of pyridine rings is 1. The van der Waals surface area contributed by atoms with Crippen LogP contribution < -0.4 is 0 Å². The van der Waals surface area contributed by atoms with Gasteiger partial charge in [0.15, 0.2) is 5.82 Å². The van der Waals surface area contributed by atoms with Crippen molar-refractivity contribution in [3.63, 3.8) is 0 Å². The molecule has 3 heterocycles. The number of nitrogens with one attached hydrogen (secondary N) is 1. The van der Waals surface area contributed by atoms with Crippen LogP contribution in [0.3, 0.4) is 0 Å². The molecule has 1 aromatic carbocycles. The molecule has 0 fully saturated rings. The topological polar surface area (TPSA) is 76.8 Å². The van der Waals surface area contributed by atoms with Gasteiger partial charge < -0.3 is 14.2 Å². The van der Waals surface area contributed by atoms with Gasteiger partial charge in [-0.05, 0) is 38.0 Å². The van der Waals surface area contributed by atoms with Crippen molar-refractivity contribution in [2.75, 3.05) is 6.61 Å². The summed E-state index contributed by atoms with van der Waals surface area (Å²) in [4.78, 5) is 12.5. The van der Waals surface area contributed by atoms with Crippen molar-refractivity contribution in [1.29, 1.82) is 0 Å². The van der Waals surface area contributed by atoms with Gasteiger partial charge in [0.25, 0.3) is 5.89 Å². The monoisotopic (exact) mass is 350 g/mol. The molecule has 1 unspecified atom stereocenters. The van der Waals surface area contributed by atoms with Gasteiger partial charge in [0.2, 0.25) is 0 Å². The molecule has 6 nitrogen and oxygen atoms in total. The molecule has 1 atom stereocenters. The first kappa shape index (κ1) is 16.7. The van der Waals surface area contributed by atoms with Gasteiger partial charge in [0.05, 0.1) is 17.8 Å². The Morgan fingerprint density at radius 1 is 1.19 bits per heavy atom. The van der Waals surface area contributed by atoms with Gasteiger partial charge in [-0.1, -0.05) is 24.2 Å². The molecule has 0 saturated carbocycles. The Kier molecular flexibility index (Phi) is 4.20. The smallest absolute Gasteiger partial charge is 0.276 e. The lowest BCUT2D eigenvalue weighted by molar-refractivity contribution is 0.0774. The Bertz CT molecular complexity index is 1080. The molecule has 0 aliphatic rings. The molecule has 0 saturated heterocycles. The van der Waals surface area contributed by atoms with Crippen molar-refractivity contribution in [3.05, 3.63) is 41.3 Å². The van der Waals surface area contributed by atoms with Crippen molar-refractivity contribution in [3.8, 4) is 11.6 Å². The first-order valence-corrected chi connectivity index (χ1v) is 8.98. The minimum absolute atomic E-state index is 0.00816. The summed E-state index contributed by atoms with van der Waals surface area (Å²) in [5, 5.41) is 6.29. The Hall–Kier alpha value is -2.73. The average molecular weight is 350 g/mol. The van der Waals surface area contributed by atoms with E-state index in [9.17, 15) is 0 Å². The van der Waals surface area contributed by atoms with E-state index in [2.05, 4.69) is 52.2 Å². The fourth-order valence-electron chi connectivity index (χ4n) is 3.51. The summed E-state index contributed by atoms with van der Waals surface area (Å²) in [5.41, 5.74) is 4.98. The van der Waals surface area contributed by atoms with Gasteiger partial charge in [0.1, 0.15) is 5.69 Å². The highest BCUT2D eigenvalue weighted by Gasteiger charge is 2.20. The molecule has 0 aliphatic carbocycles. The molecule has 0 radical (unpaired) electrons. The molecule has 6 heteroatoms. The predicted molar refractivity (Wildman–Crippen MR) is 101 cm³/mol. The zero-order valence-corrected chi connectivity index (χ0v) is 15.5. The number of nitrogens with zero attached hydrogens (tertiary/aromatic N) is 3. The van der Waals surface area contributed by atoms with Crippen LogP contribution in [0.1, 0.15) is 43.8 Å². The summed E-state index contributed by atoms with van der Waals surface area (Å²) in [5.74, 6) is 1.15. The number of aromatic nitrogens is 4. The Balaban J connectivity index is 1.99. The number of aromatic amines is 1. The second-order valence-corrected chi connectivity index (χ2v) is 6.38. The van der Waals surface area contributed by atoms with Crippen molar-refractivity contribution in [2.45, 2.75) is 40.2 Å². The highest BCUT2D eigenvalue weighted by Crippen LogP contribution is 2.36. The van der Waals surface area contributed by atoms with Crippen LogP contribution in [0.25, 0.3) is 33.4 Å². The van der Waals surface area contributed by atoms with E-state index in [1.165, 1.54) is 5.39 Å². The second-order valence-electron chi connectivity index (χ2n) is 6.38. The van der Waals surface area contributed by atoms with E-state index in [4.69, 9.17) is 9.26 Å². The third-order valence-corrected chi connectivity index (χ3v) is 4.78. The maximum absolute atomic E-state index is 5.86. The molecule has 0 amide bonds. The maximum Gasteiger partial charge on any atom is 0.276 e. The van der Waals surface area contributed by atoms with Gasteiger partial charge in [-0.15, -0.1) is 0 Å². The van der Waals surface area contributed by atoms with E-state index in [1.54, 1.807) is 0 Å². The number of fused-ring (bicyclic) bond motifs is 3. The van der Waals surface area contributed by atoms with E-state index in [1.807, 2.05) is 20.0 Å². The van der Waals surface area contributed by atoms with Gasteiger partial charge in [-0.2, -0.15) is 4.98 Å². The Morgan fingerprint density at radius 3 is 2.77 bits per heavy atom. The lowest BCUT2D eigenvalue weighted by Crippen LogP contribution is -2.00. The van der Waals surface area contributed by atoms with Crippen molar-refractivity contribution >= 4 is 21.8 Å². The average Bonchev–Trinajstić information content (AvgIpc) is 3.26. The molecule has 3 aromatic heterocycles. The van der Waals surface area contributed by atoms with E-state index >= 15 is 0 Å². The standard InChI is InChI=1S/C20H22N4O2/c1-5-16-23-20(26-24-16)19-11(3)17-15(10-21-19)22-14-9-7-8-13(18(14)17)12(4)25-6-2/h7-10,12,22H,5-6H2,1-4H3. The molecule has 0 bridgehead atoms. The zero-order valence-electron chi connectivity index (χ0n) is 15.5. The van der Waals surface area contributed by atoms with Crippen molar-refractivity contribution in [1.82, 2.24) is 20.1 Å². The molecular formula is C20H22N4O2. The van der Waals surface area contributed by atoms with Crippen LogP contribution in [-0.4, -0.2) is 26.7 Å². The molecule has 4 rings (SSSR count). The van der Waals surface area contributed by atoms with Crippen molar-refractivity contribution < 1.29 is 9.26 Å². The first-order valence-electron chi connectivity index (χ1n) is 8.98. The molecule has 26 heavy (non-hydrogen) atoms. The van der Waals surface area contributed by atoms with Gasteiger partial charge >= 0.3 is 0 Å². The van der Waals surface area contributed by atoms with Crippen molar-refractivity contribution in [2.24, 2.45) is 0 Å². The number of aryl methyl sites for hydroxylation is 2. The lowest BCUT2D eigenvalue weighted by atomic mass is 9.99. The highest BCUT2D eigenvalue weighted by atomic mass is 16.5. The summed E-state index contributed by atoms with van der Waals surface area (Å²) in [6.07, 6.45) is 2.57. The summed E-state index contributed by atoms with van der Waals surface area (Å²) < 4.78 is 11.3. The first-order chi connectivity index (χ1) is 12.6. The van der Waals surface area contributed by atoms with Gasteiger partial charge in [-0.25, -0.2) is 4.98 Å². The lowest BCUT2D eigenvalue weighted by Gasteiger charge is -2.14. The van der Waals surface area contributed by atoms with E-state index in [0.29, 0.717) is 18.3 Å². The highest BCUT2D eigenvalue weighted by molar-refractivity contribution is 6.11. The second kappa shape index (κ2) is 6.53. The Labute approximate surface area is 151 Å². The van der Waals surface area contributed by atoms with Gasteiger partial charge in [0, 0.05) is 29.3 Å². The number of H-pyrrole nitrogens is 1. The van der Waals surface area contributed by atoms with Crippen LogP contribution in [0.5, 0.6) is 0 Å². The van der Waals surface area contributed by atoms with E-state index in [-0.39, 0.29) is 6.10 Å². The van der Waals surface area contributed by atoms with E-state index in [0.717, 1.165) is 39.7 Å². The van der Waals surface area contributed by atoms with Crippen LogP contribution in [0.15, 0.2) is 28.9 Å². The number of hydrogen-bond acceptors (Lipinski definition) is 5. The summed E-state index contributed by atoms with van der Waals surface area (Å²) in [7, 11) is 0. The number of ether oxygens (including phenoxy) is 1.